The first kappa shape index (κ1) is 17.0. The highest BCUT2D eigenvalue weighted by Gasteiger charge is 2.24. The summed E-state index contributed by atoms with van der Waals surface area (Å²) in [7, 11) is 1.68. The van der Waals surface area contributed by atoms with Crippen LogP contribution in [0, 0.1) is 0 Å². The Labute approximate surface area is 145 Å². The lowest BCUT2D eigenvalue weighted by atomic mass is 10.0. The van der Waals surface area contributed by atoms with Crippen LogP contribution < -0.4 is 5.32 Å². The molecule has 1 saturated heterocycles. The summed E-state index contributed by atoms with van der Waals surface area (Å²) >= 11 is 0. The standard InChI is InChI=1S/C16H21N7O2/c1-22-14(10-19-21-22)16(25)20-13-4-6-23(7-5-13)15(24)3-2-12-8-17-11-18-9-12/h8-11,13H,2-7H2,1H3,(H,20,25). The zero-order chi connectivity index (χ0) is 17.6. The number of amides is 2. The Hall–Kier alpha value is -2.84. The quantitative estimate of drug-likeness (QED) is 0.816. The summed E-state index contributed by atoms with van der Waals surface area (Å²) in [6.45, 7) is 1.30. The minimum absolute atomic E-state index is 0.0639. The molecule has 2 amide bonds. The van der Waals surface area contributed by atoms with Gasteiger partial charge < -0.3 is 10.2 Å². The fraction of sp³-hybridized carbons (Fsp3) is 0.500. The van der Waals surface area contributed by atoms with Gasteiger partial charge in [-0.1, -0.05) is 5.21 Å². The topological polar surface area (TPSA) is 106 Å². The molecule has 3 rings (SSSR count). The van der Waals surface area contributed by atoms with Crippen molar-refractivity contribution >= 4 is 11.8 Å². The van der Waals surface area contributed by atoms with E-state index in [0.717, 1.165) is 18.4 Å². The van der Waals surface area contributed by atoms with E-state index in [9.17, 15) is 9.59 Å². The number of nitrogens with one attached hydrogen (secondary N) is 1. The third-order valence-corrected chi connectivity index (χ3v) is 4.37. The zero-order valence-electron chi connectivity index (χ0n) is 14.1. The van der Waals surface area contributed by atoms with Crippen molar-refractivity contribution in [2.24, 2.45) is 7.05 Å². The molecule has 1 fully saturated rings. The molecule has 1 aliphatic rings. The molecule has 0 aromatic carbocycles. The first-order valence-electron chi connectivity index (χ1n) is 8.30. The number of likely N-dealkylation sites (tertiary alicyclic amines) is 1. The molecule has 0 unspecified atom stereocenters. The van der Waals surface area contributed by atoms with Crippen LogP contribution in [-0.4, -0.2) is 60.8 Å². The molecule has 9 heteroatoms. The van der Waals surface area contributed by atoms with Gasteiger partial charge in [-0.05, 0) is 24.8 Å². The predicted octanol–water partition coefficient (Wildman–Crippen LogP) is -0.0413. The second-order valence-corrected chi connectivity index (χ2v) is 6.12. The van der Waals surface area contributed by atoms with E-state index in [2.05, 4.69) is 25.6 Å². The van der Waals surface area contributed by atoms with Crippen molar-refractivity contribution in [3.05, 3.63) is 36.2 Å². The number of hydrogen-bond acceptors (Lipinski definition) is 6. The lowest BCUT2D eigenvalue weighted by molar-refractivity contribution is -0.132. The first-order valence-corrected chi connectivity index (χ1v) is 8.30. The van der Waals surface area contributed by atoms with Crippen molar-refractivity contribution in [3.8, 4) is 0 Å². The number of rotatable bonds is 5. The van der Waals surface area contributed by atoms with Gasteiger partial charge in [0, 0.05) is 45.0 Å². The van der Waals surface area contributed by atoms with Crippen molar-refractivity contribution in [2.75, 3.05) is 13.1 Å². The Bertz CT molecular complexity index is 723. The smallest absolute Gasteiger partial charge is 0.271 e. The Morgan fingerprint density at radius 3 is 2.56 bits per heavy atom. The van der Waals surface area contributed by atoms with Crippen molar-refractivity contribution in [1.82, 2.24) is 35.2 Å². The predicted molar refractivity (Wildman–Crippen MR) is 88.4 cm³/mol. The third-order valence-electron chi connectivity index (χ3n) is 4.37. The van der Waals surface area contributed by atoms with Crippen molar-refractivity contribution in [3.63, 3.8) is 0 Å². The van der Waals surface area contributed by atoms with Gasteiger partial charge in [0.05, 0.1) is 6.20 Å². The lowest BCUT2D eigenvalue weighted by Gasteiger charge is -2.32. The molecular weight excluding hydrogens is 322 g/mol. The van der Waals surface area contributed by atoms with Gasteiger partial charge in [0.25, 0.3) is 5.91 Å². The highest BCUT2D eigenvalue weighted by atomic mass is 16.2. The van der Waals surface area contributed by atoms with E-state index in [1.807, 2.05) is 4.90 Å². The van der Waals surface area contributed by atoms with Crippen LogP contribution in [0.15, 0.2) is 24.9 Å². The molecule has 1 aliphatic heterocycles. The molecule has 0 aliphatic carbocycles. The number of carbonyl (C=O) groups excluding carboxylic acids is 2. The molecule has 0 bridgehead atoms. The summed E-state index contributed by atoms with van der Waals surface area (Å²) in [6, 6.07) is 0.0639. The van der Waals surface area contributed by atoms with Crippen LogP contribution >= 0.6 is 0 Å². The van der Waals surface area contributed by atoms with E-state index >= 15 is 0 Å². The normalized spacial score (nSPS) is 15.2. The second kappa shape index (κ2) is 7.82. The molecule has 132 valence electrons. The Kier molecular flexibility index (Phi) is 5.32. The van der Waals surface area contributed by atoms with Crippen LogP contribution in [0.2, 0.25) is 0 Å². The Morgan fingerprint density at radius 1 is 1.20 bits per heavy atom. The molecule has 0 atom stereocenters. The molecule has 1 N–H and O–H groups in total. The maximum absolute atomic E-state index is 12.3. The van der Waals surface area contributed by atoms with Crippen molar-refractivity contribution in [1.29, 1.82) is 0 Å². The summed E-state index contributed by atoms with van der Waals surface area (Å²) in [5.41, 5.74) is 1.39. The molecule has 0 radical (unpaired) electrons. The van der Waals surface area contributed by atoms with Gasteiger partial charge in [0.2, 0.25) is 5.91 Å². The Balaban J connectivity index is 1.43. The van der Waals surface area contributed by atoms with E-state index in [-0.39, 0.29) is 17.9 Å². The van der Waals surface area contributed by atoms with Gasteiger partial charge >= 0.3 is 0 Å². The highest BCUT2D eigenvalue weighted by molar-refractivity contribution is 5.92. The maximum atomic E-state index is 12.3. The summed E-state index contributed by atoms with van der Waals surface area (Å²) in [5, 5.41) is 10.4. The van der Waals surface area contributed by atoms with E-state index < -0.39 is 0 Å². The van der Waals surface area contributed by atoms with Gasteiger partial charge in [-0.2, -0.15) is 0 Å². The van der Waals surface area contributed by atoms with Gasteiger partial charge in [-0.3, -0.25) is 9.59 Å². The van der Waals surface area contributed by atoms with E-state index in [0.29, 0.717) is 31.6 Å². The van der Waals surface area contributed by atoms with Crippen LogP contribution in [0.25, 0.3) is 0 Å². The summed E-state index contributed by atoms with van der Waals surface area (Å²) in [5.74, 6) is -0.0502. The number of aryl methyl sites for hydroxylation is 2. The molecule has 25 heavy (non-hydrogen) atoms. The minimum atomic E-state index is -0.179. The molecule has 9 nitrogen and oxygen atoms in total. The zero-order valence-corrected chi connectivity index (χ0v) is 14.1. The molecule has 2 aromatic rings. The molecule has 0 spiro atoms. The lowest BCUT2D eigenvalue weighted by Crippen LogP contribution is -2.46. The van der Waals surface area contributed by atoms with Crippen LogP contribution in [0.4, 0.5) is 0 Å². The SMILES string of the molecule is Cn1nncc1C(=O)NC1CCN(C(=O)CCc2cncnc2)CC1. The fourth-order valence-electron chi connectivity index (χ4n) is 2.90. The van der Waals surface area contributed by atoms with E-state index in [1.54, 1.807) is 19.4 Å². The van der Waals surface area contributed by atoms with Gasteiger partial charge in [0.1, 0.15) is 12.0 Å². The highest BCUT2D eigenvalue weighted by Crippen LogP contribution is 2.13. The average Bonchev–Trinajstić information content (AvgIpc) is 3.07. The minimum Gasteiger partial charge on any atom is -0.348 e. The van der Waals surface area contributed by atoms with Crippen molar-refractivity contribution in [2.45, 2.75) is 31.7 Å². The van der Waals surface area contributed by atoms with Crippen LogP contribution in [0.5, 0.6) is 0 Å². The fourth-order valence-corrected chi connectivity index (χ4v) is 2.90. The van der Waals surface area contributed by atoms with Crippen molar-refractivity contribution < 1.29 is 9.59 Å². The summed E-state index contributed by atoms with van der Waals surface area (Å²) in [6.07, 6.45) is 8.97. The number of nitrogens with zero attached hydrogens (tertiary/aromatic N) is 6. The number of carbonyl (C=O) groups is 2. The summed E-state index contributed by atoms with van der Waals surface area (Å²) < 4.78 is 1.45. The number of hydrogen-bond donors (Lipinski definition) is 1. The Morgan fingerprint density at radius 2 is 1.92 bits per heavy atom. The monoisotopic (exact) mass is 343 g/mol. The second-order valence-electron chi connectivity index (χ2n) is 6.12. The molecular formula is C16H21N7O2. The molecule has 3 heterocycles. The average molecular weight is 343 g/mol. The summed E-state index contributed by atoms with van der Waals surface area (Å²) in [4.78, 5) is 34.2. The van der Waals surface area contributed by atoms with Gasteiger partial charge in [-0.15, -0.1) is 5.10 Å². The maximum Gasteiger partial charge on any atom is 0.271 e. The molecule has 2 aromatic heterocycles. The van der Waals surface area contributed by atoms with E-state index in [4.69, 9.17) is 0 Å². The third kappa shape index (κ3) is 4.37. The van der Waals surface area contributed by atoms with Crippen LogP contribution in [0.3, 0.4) is 0 Å². The number of aromatic nitrogens is 5. The van der Waals surface area contributed by atoms with E-state index in [1.165, 1.54) is 17.2 Å². The molecule has 0 saturated carbocycles. The first-order chi connectivity index (χ1) is 12.1. The largest absolute Gasteiger partial charge is 0.348 e. The van der Waals surface area contributed by atoms with Gasteiger partial charge in [0.15, 0.2) is 0 Å². The van der Waals surface area contributed by atoms with Crippen LogP contribution in [-0.2, 0) is 18.3 Å². The van der Waals surface area contributed by atoms with Crippen LogP contribution in [0.1, 0.15) is 35.3 Å². The van der Waals surface area contributed by atoms with Gasteiger partial charge in [-0.25, -0.2) is 14.6 Å². The number of piperidine rings is 1.